The molecule has 2 N–H and O–H groups in total. The minimum Gasteiger partial charge on any atom is -0.372 e. The molecule has 0 unspecified atom stereocenters. The molecule has 0 aliphatic carbocycles. The molecule has 37 heavy (non-hydrogen) atoms. The zero-order chi connectivity index (χ0) is 27.3. The van der Waals surface area contributed by atoms with Gasteiger partial charge < -0.3 is 10.2 Å². The lowest BCUT2D eigenvalue weighted by Gasteiger charge is -2.23. The van der Waals surface area contributed by atoms with Crippen molar-refractivity contribution in [1.29, 1.82) is 0 Å². The first-order valence-electron chi connectivity index (χ1n) is 13.4. The van der Waals surface area contributed by atoms with Crippen LogP contribution in [0.1, 0.15) is 89.8 Å². The van der Waals surface area contributed by atoms with Crippen LogP contribution >= 0.6 is 0 Å². The zero-order valence-electron chi connectivity index (χ0n) is 23.6. The molecule has 6 heteroatoms. The van der Waals surface area contributed by atoms with Crippen molar-refractivity contribution in [3.8, 4) is 0 Å². The monoisotopic (exact) mass is 521 g/mol. The van der Waals surface area contributed by atoms with Crippen LogP contribution in [0.25, 0.3) is 0 Å². The third kappa shape index (κ3) is 6.86. The first-order valence-corrected chi connectivity index (χ1v) is 14.9. The molecular formula is C31H43N3O2S. The van der Waals surface area contributed by atoms with E-state index in [0.29, 0.717) is 16.5 Å². The molecule has 0 heterocycles. The summed E-state index contributed by atoms with van der Waals surface area (Å²) in [4.78, 5) is 2.72. The average Bonchev–Trinajstić information content (AvgIpc) is 2.85. The van der Waals surface area contributed by atoms with Gasteiger partial charge in [0.25, 0.3) is 10.0 Å². The SMILES string of the molecule is CCN(CC)c1ccc(Nc2ccc(NS(=O)(=O)c3c(C(C)C)cc(C(C)C)cc3C(C)C)cc2)cc1. The number of hydrogen-bond acceptors (Lipinski definition) is 4. The number of benzene rings is 3. The second kappa shape index (κ2) is 12.0. The van der Waals surface area contributed by atoms with Gasteiger partial charge in [-0.3, -0.25) is 4.72 Å². The summed E-state index contributed by atoms with van der Waals surface area (Å²) in [6, 6.07) is 19.9. The van der Waals surface area contributed by atoms with Gasteiger partial charge in [0, 0.05) is 35.8 Å². The van der Waals surface area contributed by atoms with Crippen LogP contribution in [0.4, 0.5) is 22.7 Å². The zero-order valence-corrected chi connectivity index (χ0v) is 24.4. The molecule has 0 radical (unpaired) electrons. The van der Waals surface area contributed by atoms with Crippen molar-refractivity contribution in [2.45, 2.75) is 78.0 Å². The summed E-state index contributed by atoms with van der Waals surface area (Å²) in [6.07, 6.45) is 0. The van der Waals surface area contributed by atoms with Gasteiger partial charge >= 0.3 is 0 Å². The van der Waals surface area contributed by atoms with E-state index in [1.807, 2.05) is 12.1 Å². The van der Waals surface area contributed by atoms with E-state index in [4.69, 9.17) is 0 Å². The smallest absolute Gasteiger partial charge is 0.262 e. The second-order valence-corrected chi connectivity index (χ2v) is 12.1. The normalized spacial score (nSPS) is 11.9. The minimum atomic E-state index is -3.77. The molecule has 0 saturated carbocycles. The van der Waals surface area contributed by atoms with Crippen LogP contribution in [0.2, 0.25) is 0 Å². The van der Waals surface area contributed by atoms with Crippen LogP contribution < -0.4 is 14.9 Å². The summed E-state index contributed by atoms with van der Waals surface area (Å²) in [6.45, 7) is 18.7. The molecule has 0 aromatic heterocycles. The van der Waals surface area contributed by atoms with Crippen molar-refractivity contribution in [2.75, 3.05) is 28.0 Å². The van der Waals surface area contributed by atoms with Gasteiger partial charge in [-0.1, -0.05) is 53.7 Å². The van der Waals surface area contributed by atoms with Crippen molar-refractivity contribution >= 4 is 32.8 Å². The van der Waals surface area contributed by atoms with Crippen LogP contribution in [0, 0.1) is 0 Å². The third-order valence-corrected chi connectivity index (χ3v) is 8.28. The highest BCUT2D eigenvalue weighted by Gasteiger charge is 2.27. The van der Waals surface area contributed by atoms with Gasteiger partial charge in [-0.2, -0.15) is 0 Å². The van der Waals surface area contributed by atoms with E-state index in [9.17, 15) is 8.42 Å². The van der Waals surface area contributed by atoms with Crippen molar-refractivity contribution in [3.05, 3.63) is 77.4 Å². The molecule has 0 aliphatic rings. The molecule has 200 valence electrons. The highest BCUT2D eigenvalue weighted by atomic mass is 32.2. The molecule has 0 bridgehead atoms. The van der Waals surface area contributed by atoms with E-state index >= 15 is 0 Å². The van der Waals surface area contributed by atoms with Crippen molar-refractivity contribution < 1.29 is 8.42 Å². The van der Waals surface area contributed by atoms with Gasteiger partial charge in [-0.15, -0.1) is 0 Å². The van der Waals surface area contributed by atoms with Crippen molar-refractivity contribution in [2.24, 2.45) is 0 Å². The molecule has 0 fully saturated rings. The summed E-state index contributed by atoms with van der Waals surface area (Å²) < 4.78 is 30.3. The number of sulfonamides is 1. The van der Waals surface area contributed by atoms with Crippen molar-refractivity contribution in [3.63, 3.8) is 0 Å². The summed E-state index contributed by atoms with van der Waals surface area (Å²) in [5, 5.41) is 3.40. The Kier molecular flexibility index (Phi) is 9.30. The maximum atomic E-state index is 13.7. The Morgan fingerprint density at radius 1 is 0.676 bits per heavy atom. The number of anilines is 4. The van der Waals surface area contributed by atoms with Gasteiger partial charge in [0.05, 0.1) is 4.90 Å². The fraction of sp³-hybridized carbons (Fsp3) is 0.419. The van der Waals surface area contributed by atoms with Crippen LogP contribution in [0.5, 0.6) is 0 Å². The van der Waals surface area contributed by atoms with Crippen molar-refractivity contribution in [1.82, 2.24) is 0 Å². The van der Waals surface area contributed by atoms with Gasteiger partial charge in [-0.25, -0.2) is 8.42 Å². The summed E-state index contributed by atoms with van der Waals surface area (Å²) >= 11 is 0. The lowest BCUT2D eigenvalue weighted by molar-refractivity contribution is 0.595. The first-order chi connectivity index (χ1) is 17.5. The molecule has 0 amide bonds. The standard InChI is InChI=1S/C31H43N3O2S/c1-9-34(10-2)28-17-15-26(16-18-28)32-25-11-13-27(14-12-25)33-37(35,36)31-29(22(5)6)19-24(21(3)4)20-30(31)23(7)8/h11-23,32-33H,9-10H2,1-8H3. The molecule has 0 saturated heterocycles. The van der Waals surface area contributed by atoms with Crippen LogP contribution in [0.3, 0.4) is 0 Å². The minimum absolute atomic E-state index is 0.0856. The van der Waals surface area contributed by atoms with E-state index < -0.39 is 10.0 Å². The number of nitrogens with one attached hydrogen (secondary N) is 2. The third-order valence-electron chi connectivity index (χ3n) is 6.77. The Balaban J connectivity index is 1.85. The Morgan fingerprint density at radius 2 is 1.11 bits per heavy atom. The van der Waals surface area contributed by atoms with Crippen LogP contribution in [-0.4, -0.2) is 21.5 Å². The van der Waals surface area contributed by atoms with Crippen LogP contribution in [-0.2, 0) is 10.0 Å². The van der Waals surface area contributed by atoms with Gasteiger partial charge in [-0.05, 0) is 96.8 Å². The quantitative estimate of drug-likeness (QED) is 0.266. The molecule has 0 atom stereocenters. The fourth-order valence-electron chi connectivity index (χ4n) is 4.54. The number of nitrogens with zero attached hydrogens (tertiary/aromatic N) is 1. The largest absolute Gasteiger partial charge is 0.372 e. The van der Waals surface area contributed by atoms with E-state index in [0.717, 1.165) is 35.6 Å². The Labute approximate surface area is 224 Å². The molecule has 3 rings (SSSR count). The second-order valence-electron chi connectivity index (χ2n) is 10.5. The summed E-state index contributed by atoms with van der Waals surface area (Å²) in [5.74, 6) is 0.498. The molecule has 3 aromatic carbocycles. The predicted molar refractivity (Wildman–Crippen MR) is 159 cm³/mol. The Hall–Kier alpha value is -2.99. The Morgan fingerprint density at radius 3 is 1.51 bits per heavy atom. The molecule has 3 aromatic rings. The maximum Gasteiger partial charge on any atom is 0.262 e. The van der Waals surface area contributed by atoms with E-state index in [1.165, 1.54) is 11.3 Å². The Bertz CT molecular complexity index is 1250. The first kappa shape index (κ1) is 28.6. The maximum absolute atomic E-state index is 13.7. The van der Waals surface area contributed by atoms with Crippen LogP contribution in [0.15, 0.2) is 65.6 Å². The summed E-state index contributed by atoms with van der Waals surface area (Å²) in [7, 11) is -3.77. The van der Waals surface area contributed by atoms with Gasteiger partial charge in [0.15, 0.2) is 0 Å². The van der Waals surface area contributed by atoms with E-state index in [1.54, 1.807) is 12.1 Å². The highest BCUT2D eigenvalue weighted by Crippen LogP contribution is 2.36. The van der Waals surface area contributed by atoms with E-state index in [-0.39, 0.29) is 11.8 Å². The summed E-state index contributed by atoms with van der Waals surface area (Å²) in [5.41, 5.74) is 6.53. The number of rotatable bonds is 11. The predicted octanol–water partition coefficient (Wildman–Crippen LogP) is 8.45. The van der Waals surface area contributed by atoms with Gasteiger partial charge in [0.2, 0.25) is 0 Å². The highest BCUT2D eigenvalue weighted by molar-refractivity contribution is 7.92. The molecule has 5 nitrogen and oxygen atoms in total. The van der Waals surface area contributed by atoms with E-state index in [2.05, 4.69) is 107 Å². The lowest BCUT2D eigenvalue weighted by atomic mass is 9.89. The molecular weight excluding hydrogens is 478 g/mol. The van der Waals surface area contributed by atoms with Gasteiger partial charge in [0.1, 0.15) is 0 Å². The number of hydrogen-bond donors (Lipinski definition) is 2. The fourth-order valence-corrected chi connectivity index (χ4v) is 6.30. The molecule has 0 aliphatic heterocycles. The molecule has 0 spiro atoms. The lowest BCUT2D eigenvalue weighted by Crippen LogP contribution is -2.21. The average molecular weight is 522 g/mol. The topological polar surface area (TPSA) is 61.4 Å².